The van der Waals surface area contributed by atoms with E-state index in [1.165, 1.54) is 11.0 Å². The third-order valence-corrected chi connectivity index (χ3v) is 1.96. The van der Waals surface area contributed by atoms with Crippen LogP contribution in [0.5, 0.6) is 0 Å². The van der Waals surface area contributed by atoms with Gasteiger partial charge in [-0.2, -0.15) is 0 Å². The summed E-state index contributed by atoms with van der Waals surface area (Å²) >= 11 is 0. The number of allylic oxidation sites excluding steroid dienone is 1. The molecule has 16 heavy (non-hydrogen) atoms. The summed E-state index contributed by atoms with van der Waals surface area (Å²) in [5.74, 6) is -0.0954. The zero-order valence-electron chi connectivity index (χ0n) is 8.85. The Balaban J connectivity index is 0.00000256. The fraction of sp³-hybridized carbons (Fsp3) is 0.400. The van der Waals surface area contributed by atoms with Crippen molar-refractivity contribution in [2.75, 3.05) is 26.4 Å². The smallest absolute Gasteiger partial charge is 0.404 e. The Morgan fingerprint density at radius 3 is 2.75 bits per heavy atom. The van der Waals surface area contributed by atoms with Gasteiger partial charge in [-0.1, -0.05) is 6.58 Å². The van der Waals surface area contributed by atoms with Gasteiger partial charge in [-0.25, -0.2) is 4.79 Å². The van der Waals surface area contributed by atoms with Crippen molar-refractivity contribution >= 4 is 12.0 Å². The molecule has 6 heteroatoms. The summed E-state index contributed by atoms with van der Waals surface area (Å²) in [4.78, 5) is 22.9. The van der Waals surface area contributed by atoms with Crippen LogP contribution in [0.2, 0.25) is 0 Å². The molecule has 0 bridgehead atoms. The molecule has 1 aliphatic rings. The van der Waals surface area contributed by atoms with Crippen LogP contribution in [0.15, 0.2) is 24.4 Å². The molecule has 90 valence electrons. The monoisotopic (exact) mass is 228 g/mol. The highest BCUT2D eigenvalue weighted by Crippen LogP contribution is 2.11. The molecular formula is C10H16N2O4. The van der Waals surface area contributed by atoms with Gasteiger partial charge < -0.3 is 20.1 Å². The average Bonchev–Trinajstić information content (AvgIpc) is 2.53. The molecule has 2 amide bonds. The Kier molecular flexibility index (Phi) is 4.53. The Bertz CT molecular complexity index is 312. The van der Waals surface area contributed by atoms with E-state index in [2.05, 4.69) is 11.3 Å². The fourth-order valence-electron chi connectivity index (χ4n) is 1.20. The Hall–Kier alpha value is -1.82. The van der Waals surface area contributed by atoms with Crippen LogP contribution < -0.4 is 5.73 Å². The van der Waals surface area contributed by atoms with E-state index in [9.17, 15) is 9.59 Å². The second-order valence-corrected chi connectivity index (χ2v) is 3.09. The van der Waals surface area contributed by atoms with Gasteiger partial charge in [0.2, 0.25) is 0 Å². The Morgan fingerprint density at radius 2 is 2.19 bits per heavy atom. The highest BCUT2D eigenvalue weighted by atomic mass is 16.6. The number of rotatable bonds is 6. The van der Waals surface area contributed by atoms with E-state index in [1.54, 1.807) is 6.08 Å². The van der Waals surface area contributed by atoms with Gasteiger partial charge in [-0.15, -0.1) is 0 Å². The molecule has 1 aliphatic heterocycles. The largest absolute Gasteiger partial charge is 0.447 e. The molecule has 2 N–H and O–H groups in total. The van der Waals surface area contributed by atoms with Gasteiger partial charge in [0.05, 0.1) is 13.2 Å². The number of nitrogens with zero attached hydrogens (tertiary/aromatic N) is 1. The second-order valence-electron chi connectivity index (χ2n) is 3.09. The lowest BCUT2D eigenvalue weighted by Gasteiger charge is -2.16. The molecule has 0 unspecified atom stereocenters. The average molecular weight is 228 g/mol. The van der Waals surface area contributed by atoms with Crippen molar-refractivity contribution in [2.45, 2.75) is 0 Å². The van der Waals surface area contributed by atoms with Crippen molar-refractivity contribution in [1.29, 1.82) is 0 Å². The summed E-state index contributed by atoms with van der Waals surface area (Å²) < 4.78 is 9.61. The third-order valence-electron chi connectivity index (χ3n) is 1.96. The predicted octanol–water partition coefficient (Wildman–Crippen LogP) is 0.256. The van der Waals surface area contributed by atoms with Crippen molar-refractivity contribution in [3.8, 4) is 0 Å². The maximum absolute atomic E-state index is 11.2. The van der Waals surface area contributed by atoms with Crippen LogP contribution in [0.4, 0.5) is 4.79 Å². The minimum absolute atomic E-state index is 0. The van der Waals surface area contributed by atoms with E-state index in [4.69, 9.17) is 10.5 Å². The van der Waals surface area contributed by atoms with Crippen LogP contribution in [-0.2, 0) is 14.3 Å². The number of carbonyl (C=O) groups excluding carboxylic acids is 2. The molecule has 0 saturated heterocycles. The van der Waals surface area contributed by atoms with Crippen LogP contribution in [-0.4, -0.2) is 43.3 Å². The number of amides is 2. The van der Waals surface area contributed by atoms with E-state index in [0.29, 0.717) is 18.8 Å². The van der Waals surface area contributed by atoms with Gasteiger partial charge in [0.15, 0.2) is 0 Å². The number of primary amides is 1. The maximum atomic E-state index is 11.2. The number of hydrogen-bond donors (Lipinski definition) is 1. The first kappa shape index (κ1) is 12.3. The fourth-order valence-corrected chi connectivity index (χ4v) is 1.20. The summed E-state index contributed by atoms with van der Waals surface area (Å²) in [7, 11) is 0. The van der Waals surface area contributed by atoms with E-state index in [0.717, 1.165) is 0 Å². The molecule has 6 nitrogen and oxygen atoms in total. The first-order chi connectivity index (χ1) is 7.61. The van der Waals surface area contributed by atoms with Crippen LogP contribution in [0.1, 0.15) is 1.43 Å². The Morgan fingerprint density at radius 1 is 1.44 bits per heavy atom. The highest BCUT2D eigenvalue weighted by molar-refractivity contribution is 5.92. The predicted molar refractivity (Wildman–Crippen MR) is 58.5 cm³/mol. The zero-order valence-corrected chi connectivity index (χ0v) is 8.85. The van der Waals surface area contributed by atoms with Gasteiger partial charge in [0.25, 0.3) is 5.91 Å². The number of hydrogen-bond acceptors (Lipinski definition) is 4. The summed E-state index contributed by atoms with van der Waals surface area (Å²) in [5, 5.41) is 0. The minimum Gasteiger partial charge on any atom is -0.447 e. The van der Waals surface area contributed by atoms with E-state index >= 15 is 0 Å². The van der Waals surface area contributed by atoms with Crippen LogP contribution in [0.25, 0.3) is 0 Å². The number of carbonyl (C=O) groups is 2. The van der Waals surface area contributed by atoms with Gasteiger partial charge in [-0.05, 0) is 6.08 Å². The molecule has 1 heterocycles. The van der Waals surface area contributed by atoms with Gasteiger partial charge in [0.1, 0.15) is 6.61 Å². The molecule has 0 spiro atoms. The summed E-state index contributed by atoms with van der Waals surface area (Å²) in [6.45, 7) is 4.86. The second kappa shape index (κ2) is 5.92. The van der Waals surface area contributed by atoms with Crippen molar-refractivity contribution in [3.63, 3.8) is 0 Å². The van der Waals surface area contributed by atoms with Crippen LogP contribution in [0.3, 0.4) is 0 Å². The highest BCUT2D eigenvalue weighted by Gasteiger charge is 2.17. The molecule has 0 saturated carbocycles. The van der Waals surface area contributed by atoms with Gasteiger partial charge in [-0.3, -0.25) is 4.79 Å². The van der Waals surface area contributed by atoms with Gasteiger partial charge in [0, 0.05) is 19.7 Å². The maximum Gasteiger partial charge on any atom is 0.404 e. The number of nitrogens with two attached hydrogens (primary N) is 1. The quantitative estimate of drug-likeness (QED) is 0.661. The van der Waals surface area contributed by atoms with E-state index < -0.39 is 6.09 Å². The molecule has 0 aliphatic carbocycles. The summed E-state index contributed by atoms with van der Waals surface area (Å²) in [6, 6.07) is 0. The normalized spacial score (nSPS) is 14.6. The first-order valence-electron chi connectivity index (χ1n) is 4.79. The zero-order chi connectivity index (χ0) is 12.0. The molecule has 0 aromatic heterocycles. The van der Waals surface area contributed by atoms with E-state index in [-0.39, 0.29) is 20.5 Å². The third kappa shape index (κ3) is 3.74. The van der Waals surface area contributed by atoms with E-state index in [1.807, 2.05) is 0 Å². The summed E-state index contributed by atoms with van der Waals surface area (Å²) in [5.41, 5.74) is 5.41. The molecule has 0 aromatic carbocycles. The lowest BCUT2D eigenvalue weighted by Crippen LogP contribution is -2.28. The van der Waals surface area contributed by atoms with Crippen molar-refractivity contribution < 1.29 is 20.5 Å². The number of ether oxygens (including phenoxy) is 2. The van der Waals surface area contributed by atoms with Crippen LogP contribution in [0, 0.1) is 0 Å². The van der Waals surface area contributed by atoms with Crippen molar-refractivity contribution in [1.82, 2.24) is 4.90 Å². The van der Waals surface area contributed by atoms with Crippen molar-refractivity contribution in [3.05, 3.63) is 24.4 Å². The standard InChI is InChI=1S/C10H14N2O4.H2/c1-8-2-3-9(13)12(8)4-5-15-6-7-16-10(11)14;/h2-3H,1,4-7H2,(H2,11,14);1H. The first-order valence-corrected chi connectivity index (χ1v) is 4.79. The molecular weight excluding hydrogens is 212 g/mol. The molecule has 0 fully saturated rings. The summed E-state index contributed by atoms with van der Waals surface area (Å²) in [6.07, 6.45) is 2.28. The molecule has 1 rings (SSSR count). The molecule has 0 aromatic rings. The Labute approximate surface area is 94.8 Å². The topological polar surface area (TPSA) is 81.9 Å². The van der Waals surface area contributed by atoms with Gasteiger partial charge >= 0.3 is 6.09 Å². The van der Waals surface area contributed by atoms with Crippen LogP contribution >= 0.6 is 0 Å². The minimum atomic E-state index is -0.823. The lowest BCUT2D eigenvalue weighted by atomic mass is 10.4. The van der Waals surface area contributed by atoms with Crippen molar-refractivity contribution in [2.24, 2.45) is 5.73 Å². The molecule has 0 radical (unpaired) electrons. The SMILES string of the molecule is C=C1C=CC(=O)N1CCOCCOC(N)=O.[HH]. The lowest BCUT2D eigenvalue weighted by molar-refractivity contribution is -0.123. The molecule has 0 atom stereocenters.